The molecular formula is C15H16ClNO. The SMILES string of the molecule is Cc1ccc(CNCc2ccc(O)c(Cl)c2)cc1. The van der Waals surface area contributed by atoms with Gasteiger partial charge in [-0.15, -0.1) is 0 Å². The van der Waals surface area contributed by atoms with Crippen molar-refractivity contribution in [3.63, 3.8) is 0 Å². The van der Waals surface area contributed by atoms with Gasteiger partial charge in [-0.05, 0) is 30.2 Å². The van der Waals surface area contributed by atoms with Gasteiger partial charge in [0, 0.05) is 13.1 Å². The predicted molar refractivity (Wildman–Crippen MR) is 74.8 cm³/mol. The lowest BCUT2D eigenvalue weighted by Gasteiger charge is -2.06. The predicted octanol–water partition coefficient (Wildman–Crippen LogP) is 3.64. The molecule has 0 fully saturated rings. The van der Waals surface area contributed by atoms with Crippen LogP contribution >= 0.6 is 11.6 Å². The molecule has 2 N–H and O–H groups in total. The van der Waals surface area contributed by atoms with Gasteiger partial charge in [0.1, 0.15) is 5.75 Å². The third kappa shape index (κ3) is 3.49. The fraction of sp³-hybridized carbons (Fsp3) is 0.200. The van der Waals surface area contributed by atoms with Crippen LogP contribution in [0.2, 0.25) is 5.02 Å². The monoisotopic (exact) mass is 261 g/mol. The van der Waals surface area contributed by atoms with Gasteiger partial charge in [0.15, 0.2) is 0 Å². The Morgan fingerprint density at radius 2 is 1.61 bits per heavy atom. The van der Waals surface area contributed by atoms with Crippen LogP contribution in [0.15, 0.2) is 42.5 Å². The minimum absolute atomic E-state index is 0.124. The Morgan fingerprint density at radius 3 is 2.28 bits per heavy atom. The van der Waals surface area contributed by atoms with Crippen molar-refractivity contribution in [2.75, 3.05) is 0 Å². The summed E-state index contributed by atoms with van der Waals surface area (Å²) in [6.45, 7) is 3.63. The minimum Gasteiger partial charge on any atom is -0.506 e. The molecule has 18 heavy (non-hydrogen) atoms. The molecule has 0 aliphatic rings. The Bertz CT molecular complexity index is 523. The number of phenolic OH excluding ortho intramolecular Hbond substituents is 1. The van der Waals surface area contributed by atoms with E-state index in [0.717, 1.165) is 18.7 Å². The fourth-order valence-electron chi connectivity index (χ4n) is 1.72. The Morgan fingerprint density at radius 1 is 1.00 bits per heavy atom. The van der Waals surface area contributed by atoms with Crippen LogP contribution in [0.1, 0.15) is 16.7 Å². The second kappa shape index (κ2) is 5.89. The summed E-state index contributed by atoms with van der Waals surface area (Å²) in [5.41, 5.74) is 3.58. The first kappa shape index (κ1) is 12.9. The lowest BCUT2D eigenvalue weighted by Crippen LogP contribution is -2.12. The summed E-state index contributed by atoms with van der Waals surface area (Å²) < 4.78 is 0. The molecule has 0 amide bonds. The standard InChI is InChI=1S/C15H16ClNO/c1-11-2-4-12(5-3-11)9-17-10-13-6-7-15(18)14(16)8-13/h2-8,17-18H,9-10H2,1H3. The van der Waals surface area contributed by atoms with Crippen molar-refractivity contribution >= 4 is 11.6 Å². The maximum absolute atomic E-state index is 9.32. The van der Waals surface area contributed by atoms with Crippen molar-refractivity contribution in [1.82, 2.24) is 5.32 Å². The van der Waals surface area contributed by atoms with Crippen molar-refractivity contribution in [3.8, 4) is 5.75 Å². The second-order valence-corrected chi connectivity index (χ2v) is 4.78. The van der Waals surface area contributed by atoms with E-state index in [-0.39, 0.29) is 5.75 Å². The van der Waals surface area contributed by atoms with E-state index in [1.165, 1.54) is 11.1 Å². The van der Waals surface area contributed by atoms with Crippen LogP contribution in [0.5, 0.6) is 5.75 Å². The van der Waals surface area contributed by atoms with Gasteiger partial charge in [-0.1, -0.05) is 47.5 Å². The maximum Gasteiger partial charge on any atom is 0.134 e. The summed E-state index contributed by atoms with van der Waals surface area (Å²) in [6.07, 6.45) is 0. The molecule has 2 aromatic rings. The number of benzene rings is 2. The number of aromatic hydroxyl groups is 1. The molecule has 0 saturated carbocycles. The highest BCUT2D eigenvalue weighted by Gasteiger charge is 2.00. The summed E-state index contributed by atoms with van der Waals surface area (Å²) in [7, 11) is 0. The highest BCUT2D eigenvalue weighted by atomic mass is 35.5. The van der Waals surface area contributed by atoms with Gasteiger partial charge >= 0.3 is 0 Å². The highest BCUT2D eigenvalue weighted by Crippen LogP contribution is 2.23. The Hall–Kier alpha value is -1.51. The average molecular weight is 262 g/mol. The van der Waals surface area contributed by atoms with E-state index in [1.807, 2.05) is 6.07 Å². The molecule has 0 aromatic heterocycles. The summed E-state index contributed by atoms with van der Waals surface area (Å²) in [5, 5.41) is 13.1. The number of phenols is 1. The molecule has 3 heteroatoms. The number of nitrogens with one attached hydrogen (secondary N) is 1. The van der Waals surface area contributed by atoms with Crippen molar-refractivity contribution in [2.24, 2.45) is 0 Å². The first-order chi connectivity index (χ1) is 8.65. The molecule has 0 aliphatic carbocycles. The van der Waals surface area contributed by atoms with Crippen LogP contribution in [-0.2, 0) is 13.1 Å². The lowest BCUT2D eigenvalue weighted by molar-refractivity contribution is 0.475. The fourth-order valence-corrected chi connectivity index (χ4v) is 1.92. The summed E-state index contributed by atoms with van der Waals surface area (Å²) >= 11 is 5.85. The number of hydrogen-bond donors (Lipinski definition) is 2. The van der Waals surface area contributed by atoms with Gasteiger partial charge in [0.25, 0.3) is 0 Å². The van der Waals surface area contributed by atoms with E-state index in [4.69, 9.17) is 11.6 Å². The minimum atomic E-state index is 0.124. The zero-order chi connectivity index (χ0) is 13.0. The number of aryl methyl sites for hydroxylation is 1. The van der Waals surface area contributed by atoms with Gasteiger partial charge in [-0.25, -0.2) is 0 Å². The van der Waals surface area contributed by atoms with Gasteiger partial charge in [0.2, 0.25) is 0 Å². The van der Waals surface area contributed by atoms with E-state index >= 15 is 0 Å². The van der Waals surface area contributed by atoms with Gasteiger partial charge < -0.3 is 10.4 Å². The molecule has 2 nitrogen and oxygen atoms in total. The quantitative estimate of drug-likeness (QED) is 0.881. The topological polar surface area (TPSA) is 32.3 Å². The maximum atomic E-state index is 9.32. The molecule has 0 saturated heterocycles. The number of halogens is 1. The second-order valence-electron chi connectivity index (χ2n) is 4.37. The third-order valence-electron chi connectivity index (χ3n) is 2.79. The van der Waals surface area contributed by atoms with Crippen molar-refractivity contribution in [1.29, 1.82) is 0 Å². The van der Waals surface area contributed by atoms with Crippen molar-refractivity contribution in [3.05, 3.63) is 64.2 Å². The Labute approximate surface area is 112 Å². The number of hydrogen-bond acceptors (Lipinski definition) is 2. The first-order valence-corrected chi connectivity index (χ1v) is 6.26. The summed E-state index contributed by atoms with van der Waals surface area (Å²) in [5.74, 6) is 0.124. The van der Waals surface area contributed by atoms with Crippen LogP contribution in [0, 0.1) is 6.92 Å². The van der Waals surface area contributed by atoms with Crippen LogP contribution in [0.25, 0.3) is 0 Å². The molecule has 0 spiro atoms. The largest absolute Gasteiger partial charge is 0.506 e. The van der Waals surface area contributed by atoms with Crippen molar-refractivity contribution < 1.29 is 5.11 Å². The molecular weight excluding hydrogens is 246 g/mol. The molecule has 0 heterocycles. The normalized spacial score (nSPS) is 10.6. The van der Waals surface area contributed by atoms with Crippen LogP contribution in [0.4, 0.5) is 0 Å². The van der Waals surface area contributed by atoms with Gasteiger partial charge in [-0.3, -0.25) is 0 Å². The van der Waals surface area contributed by atoms with E-state index in [0.29, 0.717) is 5.02 Å². The molecule has 0 unspecified atom stereocenters. The van der Waals surface area contributed by atoms with E-state index in [9.17, 15) is 5.11 Å². The van der Waals surface area contributed by atoms with Gasteiger partial charge in [0.05, 0.1) is 5.02 Å². The highest BCUT2D eigenvalue weighted by molar-refractivity contribution is 6.32. The average Bonchev–Trinajstić information content (AvgIpc) is 2.36. The summed E-state index contributed by atoms with van der Waals surface area (Å²) in [6, 6.07) is 13.7. The molecule has 0 bridgehead atoms. The Kier molecular flexibility index (Phi) is 4.24. The van der Waals surface area contributed by atoms with Crippen LogP contribution in [0.3, 0.4) is 0 Å². The molecule has 0 aliphatic heterocycles. The smallest absolute Gasteiger partial charge is 0.134 e. The number of rotatable bonds is 4. The lowest BCUT2D eigenvalue weighted by atomic mass is 10.1. The van der Waals surface area contributed by atoms with Crippen LogP contribution in [-0.4, -0.2) is 5.11 Å². The van der Waals surface area contributed by atoms with E-state index in [1.54, 1.807) is 12.1 Å². The Balaban J connectivity index is 1.88. The zero-order valence-electron chi connectivity index (χ0n) is 10.3. The molecule has 2 rings (SSSR count). The summed E-state index contributed by atoms with van der Waals surface area (Å²) in [4.78, 5) is 0. The van der Waals surface area contributed by atoms with Gasteiger partial charge in [-0.2, -0.15) is 0 Å². The zero-order valence-corrected chi connectivity index (χ0v) is 11.0. The molecule has 2 aromatic carbocycles. The van der Waals surface area contributed by atoms with E-state index in [2.05, 4.69) is 36.5 Å². The van der Waals surface area contributed by atoms with Crippen LogP contribution < -0.4 is 5.32 Å². The molecule has 0 radical (unpaired) electrons. The molecule has 0 atom stereocenters. The molecule has 94 valence electrons. The van der Waals surface area contributed by atoms with E-state index < -0.39 is 0 Å². The first-order valence-electron chi connectivity index (χ1n) is 5.89. The third-order valence-corrected chi connectivity index (χ3v) is 3.09. The van der Waals surface area contributed by atoms with Crippen molar-refractivity contribution in [2.45, 2.75) is 20.0 Å².